The van der Waals surface area contributed by atoms with Gasteiger partial charge in [0.25, 0.3) is 0 Å². The van der Waals surface area contributed by atoms with Gasteiger partial charge in [0.15, 0.2) is 0 Å². The van der Waals surface area contributed by atoms with Crippen molar-refractivity contribution in [3.05, 3.63) is 30.1 Å². The molecule has 0 saturated carbocycles. The molecule has 1 aromatic rings. The highest BCUT2D eigenvalue weighted by Crippen LogP contribution is 2.09. The van der Waals surface area contributed by atoms with Gasteiger partial charge in [0.2, 0.25) is 0 Å². The zero-order valence-corrected chi connectivity index (χ0v) is 12.0. The van der Waals surface area contributed by atoms with Gasteiger partial charge < -0.3 is 5.32 Å². The average Bonchev–Trinajstić information content (AvgIpc) is 2.42. The smallest absolute Gasteiger partial charge is 0.0271 e. The van der Waals surface area contributed by atoms with Crippen molar-refractivity contribution < 1.29 is 0 Å². The molecule has 0 aliphatic rings. The summed E-state index contributed by atoms with van der Waals surface area (Å²) in [6.45, 7) is 11.1. The number of pyridine rings is 1. The first-order chi connectivity index (χ1) is 8.77. The van der Waals surface area contributed by atoms with Gasteiger partial charge in [-0.1, -0.05) is 13.8 Å². The van der Waals surface area contributed by atoms with E-state index >= 15 is 0 Å². The van der Waals surface area contributed by atoms with E-state index in [-0.39, 0.29) is 0 Å². The fourth-order valence-corrected chi connectivity index (χ4v) is 2.10. The van der Waals surface area contributed by atoms with Crippen LogP contribution in [0.15, 0.2) is 24.5 Å². The molecule has 1 unspecified atom stereocenters. The molecule has 102 valence electrons. The normalized spacial score (nSPS) is 12.9. The van der Waals surface area contributed by atoms with E-state index in [9.17, 15) is 0 Å². The standard InChI is InChI=1S/C15H27N3/c1-4-9-16-10-6-14(3)18(5-2)13-15-7-11-17-12-8-15/h7-8,11-12,14,16H,4-6,9-10,13H2,1-3H3. The number of aromatic nitrogens is 1. The second-order valence-corrected chi connectivity index (χ2v) is 4.81. The molecule has 1 atom stereocenters. The number of nitrogens with zero attached hydrogens (tertiary/aromatic N) is 2. The lowest BCUT2D eigenvalue weighted by molar-refractivity contribution is 0.200. The molecule has 0 aliphatic carbocycles. The Bertz CT molecular complexity index is 300. The van der Waals surface area contributed by atoms with Crippen molar-refractivity contribution in [3.8, 4) is 0 Å². The van der Waals surface area contributed by atoms with Crippen LogP contribution in [0.5, 0.6) is 0 Å². The molecule has 1 aromatic heterocycles. The number of hydrogen-bond donors (Lipinski definition) is 1. The highest BCUT2D eigenvalue weighted by Gasteiger charge is 2.11. The van der Waals surface area contributed by atoms with Crippen LogP contribution >= 0.6 is 0 Å². The Kier molecular flexibility index (Phi) is 7.62. The van der Waals surface area contributed by atoms with E-state index in [1.54, 1.807) is 0 Å². The Morgan fingerprint density at radius 1 is 1.22 bits per heavy atom. The lowest BCUT2D eigenvalue weighted by Crippen LogP contribution is -2.35. The second kappa shape index (κ2) is 9.06. The van der Waals surface area contributed by atoms with Crippen molar-refractivity contribution in [1.82, 2.24) is 15.2 Å². The lowest BCUT2D eigenvalue weighted by Gasteiger charge is -2.28. The summed E-state index contributed by atoms with van der Waals surface area (Å²) in [6.07, 6.45) is 6.16. The Balaban J connectivity index is 2.35. The predicted octanol–water partition coefficient (Wildman–Crippen LogP) is 2.68. The van der Waals surface area contributed by atoms with Gasteiger partial charge in [0.1, 0.15) is 0 Å². The third-order valence-corrected chi connectivity index (χ3v) is 3.33. The summed E-state index contributed by atoms with van der Waals surface area (Å²) in [5.74, 6) is 0. The average molecular weight is 249 g/mol. The molecule has 0 aliphatic heterocycles. The van der Waals surface area contributed by atoms with E-state index in [0.717, 1.165) is 26.2 Å². The van der Waals surface area contributed by atoms with E-state index in [0.29, 0.717) is 6.04 Å². The van der Waals surface area contributed by atoms with Crippen LogP contribution in [0, 0.1) is 0 Å². The van der Waals surface area contributed by atoms with Crippen molar-refractivity contribution in [3.63, 3.8) is 0 Å². The van der Waals surface area contributed by atoms with Crippen LogP contribution in [0.1, 0.15) is 39.2 Å². The number of hydrogen-bond acceptors (Lipinski definition) is 3. The number of rotatable bonds is 9. The van der Waals surface area contributed by atoms with Crippen molar-refractivity contribution in [2.75, 3.05) is 19.6 Å². The minimum Gasteiger partial charge on any atom is -0.317 e. The van der Waals surface area contributed by atoms with Gasteiger partial charge in [-0.3, -0.25) is 9.88 Å². The van der Waals surface area contributed by atoms with E-state index < -0.39 is 0 Å². The van der Waals surface area contributed by atoms with Crippen LogP contribution in [0.3, 0.4) is 0 Å². The first-order valence-corrected chi connectivity index (χ1v) is 7.11. The highest BCUT2D eigenvalue weighted by molar-refractivity contribution is 5.09. The van der Waals surface area contributed by atoms with Gasteiger partial charge in [0.05, 0.1) is 0 Å². The monoisotopic (exact) mass is 249 g/mol. The zero-order chi connectivity index (χ0) is 13.2. The third kappa shape index (κ3) is 5.61. The van der Waals surface area contributed by atoms with Crippen LogP contribution in [0.4, 0.5) is 0 Å². The van der Waals surface area contributed by atoms with E-state index in [1.165, 1.54) is 18.4 Å². The van der Waals surface area contributed by atoms with Gasteiger partial charge in [-0.05, 0) is 57.1 Å². The summed E-state index contributed by atoms with van der Waals surface area (Å²) in [5, 5.41) is 3.47. The molecule has 3 nitrogen and oxygen atoms in total. The van der Waals surface area contributed by atoms with Crippen LogP contribution < -0.4 is 5.32 Å². The summed E-state index contributed by atoms with van der Waals surface area (Å²) in [6, 6.07) is 4.82. The third-order valence-electron chi connectivity index (χ3n) is 3.33. The molecule has 1 rings (SSSR count). The predicted molar refractivity (Wildman–Crippen MR) is 77.6 cm³/mol. The lowest BCUT2D eigenvalue weighted by atomic mass is 10.1. The van der Waals surface area contributed by atoms with E-state index in [4.69, 9.17) is 0 Å². The molecule has 0 aromatic carbocycles. The summed E-state index contributed by atoms with van der Waals surface area (Å²) in [5.41, 5.74) is 1.35. The SMILES string of the molecule is CCCNCCC(C)N(CC)Cc1ccncc1. The van der Waals surface area contributed by atoms with Crippen molar-refractivity contribution >= 4 is 0 Å². The maximum Gasteiger partial charge on any atom is 0.0271 e. The molecule has 1 N–H and O–H groups in total. The second-order valence-electron chi connectivity index (χ2n) is 4.81. The number of nitrogens with one attached hydrogen (secondary N) is 1. The summed E-state index contributed by atoms with van der Waals surface area (Å²) in [7, 11) is 0. The quantitative estimate of drug-likeness (QED) is 0.682. The largest absolute Gasteiger partial charge is 0.317 e. The van der Waals surface area contributed by atoms with Crippen LogP contribution in [-0.4, -0.2) is 35.6 Å². The topological polar surface area (TPSA) is 28.2 Å². The van der Waals surface area contributed by atoms with Crippen molar-refractivity contribution in [2.24, 2.45) is 0 Å². The molecule has 0 bridgehead atoms. The van der Waals surface area contributed by atoms with Crippen molar-refractivity contribution in [1.29, 1.82) is 0 Å². The van der Waals surface area contributed by atoms with Crippen LogP contribution in [0.2, 0.25) is 0 Å². The highest BCUT2D eigenvalue weighted by atomic mass is 15.1. The first kappa shape index (κ1) is 15.1. The van der Waals surface area contributed by atoms with E-state index in [2.05, 4.69) is 48.1 Å². The summed E-state index contributed by atoms with van der Waals surface area (Å²) >= 11 is 0. The Hall–Kier alpha value is -0.930. The van der Waals surface area contributed by atoms with Crippen LogP contribution in [0.25, 0.3) is 0 Å². The fourth-order valence-electron chi connectivity index (χ4n) is 2.10. The minimum atomic E-state index is 0.618. The molecule has 18 heavy (non-hydrogen) atoms. The van der Waals surface area contributed by atoms with Gasteiger partial charge >= 0.3 is 0 Å². The molecule has 0 saturated heterocycles. The maximum atomic E-state index is 4.06. The summed E-state index contributed by atoms with van der Waals surface area (Å²) < 4.78 is 0. The fraction of sp³-hybridized carbons (Fsp3) is 0.667. The Morgan fingerprint density at radius 2 is 1.94 bits per heavy atom. The molecule has 0 radical (unpaired) electrons. The van der Waals surface area contributed by atoms with Gasteiger partial charge in [-0.2, -0.15) is 0 Å². The molecule has 0 amide bonds. The first-order valence-electron chi connectivity index (χ1n) is 7.11. The minimum absolute atomic E-state index is 0.618. The molecule has 0 fully saturated rings. The summed E-state index contributed by atoms with van der Waals surface area (Å²) in [4.78, 5) is 6.58. The zero-order valence-electron chi connectivity index (χ0n) is 12.0. The molecular weight excluding hydrogens is 222 g/mol. The molecule has 1 heterocycles. The molecule has 0 spiro atoms. The maximum absolute atomic E-state index is 4.06. The molecule has 3 heteroatoms. The Labute approximate surface area is 112 Å². The van der Waals surface area contributed by atoms with Gasteiger partial charge in [-0.15, -0.1) is 0 Å². The van der Waals surface area contributed by atoms with Gasteiger partial charge in [-0.25, -0.2) is 0 Å². The molecular formula is C15H27N3. The van der Waals surface area contributed by atoms with Crippen LogP contribution in [-0.2, 0) is 6.54 Å². The Morgan fingerprint density at radius 3 is 2.56 bits per heavy atom. The van der Waals surface area contributed by atoms with Gasteiger partial charge in [0, 0.05) is 25.0 Å². The van der Waals surface area contributed by atoms with Crippen molar-refractivity contribution in [2.45, 2.75) is 46.2 Å². The van der Waals surface area contributed by atoms with E-state index in [1.807, 2.05) is 12.4 Å².